The van der Waals surface area contributed by atoms with E-state index in [2.05, 4.69) is 32.6 Å². The minimum absolute atomic E-state index is 0.161. The number of benzene rings is 1. The van der Waals surface area contributed by atoms with E-state index in [0.717, 1.165) is 77.5 Å². The quantitative estimate of drug-likeness (QED) is 0.568. The van der Waals surface area contributed by atoms with Crippen LogP contribution in [-0.4, -0.2) is 33.0 Å². The number of carbonyl (C=O) groups is 1. The molecule has 0 saturated heterocycles. The molecule has 0 atom stereocenters. The Labute approximate surface area is 170 Å². The average molecular weight is 390 g/mol. The molecule has 0 unspecified atom stereocenters. The molecule has 6 heteroatoms. The van der Waals surface area contributed by atoms with Crippen LogP contribution in [0.4, 0.5) is 5.69 Å². The summed E-state index contributed by atoms with van der Waals surface area (Å²) in [6, 6.07) is 6.88. The van der Waals surface area contributed by atoms with Gasteiger partial charge in [0.1, 0.15) is 0 Å². The smallest absolute Gasteiger partial charge is 0.169 e. The summed E-state index contributed by atoms with van der Waals surface area (Å²) >= 11 is 0. The lowest BCUT2D eigenvalue weighted by Gasteiger charge is -2.29. The van der Waals surface area contributed by atoms with E-state index in [0.29, 0.717) is 12.1 Å². The standard InChI is InChI=1S/C23H27N5O/c1-13-19(12-26-28-13)15-4-9-21-18(10-15)22(27-17-7-5-16(24)6-8-17)20(11-25-21)23(29)14-2-3-14/h4,9-12,14,16-17H,2-3,5-8,24H2,1H3,(H,25,27)(H,26,28)/t16-,17-. The second-order valence-electron chi connectivity index (χ2n) is 8.56. The number of fused-ring (bicyclic) bond motifs is 1. The van der Waals surface area contributed by atoms with E-state index in [4.69, 9.17) is 5.73 Å². The normalized spacial score (nSPS) is 22.0. The lowest BCUT2D eigenvalue weighted by atomic mass is 9.91. The van der Waals surface area contributed by atoms with E-state index >= 15 is 0 Å². The van der Waals surface area contributed by atoms with Crippen LogP contribution in [0.1, 0.15) is 54.6 Å². The molecule has 0 spiro atoms. The lowest BCUT2D eigenvalue weighted by Crippen LogP contribution is -2.33. The van der Waals surface area contributed by atoms with E-state index in [9.17, 15) is 4.79 Å². The van der Waals surface area contributed by atoms with Crippen molar-refractivity contribution in [1.29, 1.82) is 0 Å². The topological polar surface area (TPSA) is 96.7 Å². The maximum absolute atomic E-state index is 13.0. The molecule has 150 valence electrons. The summed E-state index contributed by atoms with van der Waals surface area (Å²) in [6.45, 7) is 1.99. The molecule has 3 aromatic rings. The average Bonchev–Trinajstić information content (AvgIpc) is 3.50. The number of hydrogen-bond donors (Lipinski definition) is 3. The highest BCUT2D eigenvalue weighted by Gasteiger charge is 2.33. The minimum Gasteiger partial charge on any atom is -0.381 e. The molecule has 2 aromatic heterocycles. The number of aryl methyl sites for hydroxylation is 1. The van der Waals surface area contributed by atoms with Crippen LogP contribution in [0.15, 0.2) is 30.6 Å². The van der Waals surface area contributed by atoms with Crippen LogP contribution in [0.25, 0.3) is 22.0 Å². The summed E-state index contributed by atoms with van der Waals surface area (Å²) in [5.74, 6) is 0.383. The number of nitrogens with one attached hydrogen (secondary N) is 2. The number of rotatable bonds is 5. The van der Waals surface area contributed by atoms with Crippen molar-refractivity contribution >= 4 is 22.4 Å². The molecule has 6 nitrogen and oxygen atoms in total. The van der Waals surface area contributed by atoms with Gasteiger partial charge in [-0.05, 0) is 63.1 Å². The van der Waals surface area contributed by atoms with Crippen molar-refractivity contribution in [3.63, 3.8) is 0 Å². The zero-order valence-electron chi connectivity index (χ0n) is 16.7. The Hall–Kier alpha value is -2.73. The summed E-state index contributed by atoms with van der Waals surface area (Å²) in [5.41, 5.74) is 11.8. The number of hydrogen-bond acceptors (Lipinski definition) is 5. The predicted molar refractivity (Wildman–Crippen MR) is 115 cm³/mol. The second kappa shape index (κ2) is 7.26. The molecule has 2 heterocycles. The predicted octanol–water partition coefficient (Wildman–Crippen LogP) is 4.21. The van der Waals surface area contributed by atoms with E-state index in [-0.39, 0.29) is 11.7 Å². The number of carbonyl (C=O) groups excluding carboxylic acids is 1. The zero-order valence-corrected chi connectivity index (χ0v) is 16.7. The Morgan fingerprint density at radius 3 is 2.66 bits per heavy atom. The first-order valence-corrected chi connectivity index (χ1v) is 10.6. The highest BCUT2D eigenvalue weighted by atomic mass is 16.1. The van der Waals surface area contributed by atoms with E-state index in [1.54, 1.807) is 6.20 Å². The summed E-state index contributed by atoms with van der Waals surface area (Å²) in [6.07, 6.45) is 9.76. The molecule has 1 aromatic carbocycles. The van der Waals surface area contributed by atoms with Gasteiger partial charge in [-0.1, -0.05) is 6.07 Å². The molecule has 2 aliphatic carbocycles. The lowest BCUT2D eigenvalue weighted by molar-refractivity contribution is 0.0968. The fourth-order valence-electron chi connectivity index (χ4n) is 4.39. The molecule has 0 bridgehead atoms. The monoisotopic (exact) mass is 389 g/mol. The molecule has 2 fully saturated rings. The van der Waals surface area contributed by atoms with Gasteiger partial charge < -0.3 is 11.1 Å². The molecule has 5 rings (SSSR count). The Morgan fingerprint density at radius 1 is 1.17 bits per heavy atom. The van der Waals surface area contributed by atoms with Crippen molar-refractivity contribution in [1.82, 2.24) is 15.2 Å². The molecule has 4 N–H and O–H groups in total. The molecular weight excluding hydrogens is 362 g/mol. The molecule has 0 aliphatic heterocycles. The van der Waals surface area contributed by atoms with Gasteiger partial charge in [-0.2, -0.15) is 5.10 Å². The second-order valence-corrected chi connectivity index (χ2v) is 8.56. The summed E-state index contributed by atoms with van der Waals surface area (Å²) in [5, 5.41) is 11.9. The Kier molecular flexibility index (Phi) is 4.59. The van der Waals surface area contributed by atoms with Crippen molar-refractivity contribution in [2.45, 2.75) is 57.5 Å². The van der Waals surface area contributed by atoms with Crippen LogP contribution in [-0.2, 0) is 0 Å². The Balaban J connectivity index is 1.61. The van der Waals surface area contributed by atoms with Crippen molar-refractivity contribution in [2.75, 3.05) is 5.32 Å². The van der Waals surface area contributed by atoms with E-state index in [1.807, 2.05) is 19.2 Å². The maximum Gasteiger partial charge on any atom is 0.169 e. The number of aromatic nitrogens is 3. The number of Topliss-reactive ketones (excluding diaryl/α,β-unsaturated/α-hetero) is 1. The van der Waals surface area contributed by atoms with Gasteiger partial charge in [0.2, 0.25) is 0 Å². The fourth-order valence-corrected chi connectivity index (χ4v) is 4.39. The van der Waals surface area contributed by atoms with Gasteiger partial charge in [-0.15, -0.1) is 0 Å². The summed E-state index contributed by atoms with van der Waals surface area (Å²) in [7, 11) is 0. The molecule has 0 radical (unpaired) electrons. The van der Waals surface area contributed by atoms with Gasteiger partial charge >= 0.3 is 0 Å². The number of anilines is 1. The van der Waals surface area contributed by atoms with E-state index in [1.165, 1.54) is 0 Å². The van der Waals surface area contributed by atoms with Crippen LogP contribution < -0.4 is 11.1 Å². The van der Waals surface area contributed by atoms with Crippen molar-refractivity contribution < 1.29 is 4.79 Å². The SMILES string of the molecule is Cc1n[nH]cc1-c1ccc2ncc(C(=O)C3CC3)c(N[C@H]3CC[C@H](N)CC3)c2c1. The summed E-state index contributed by atoms with van der Waals surface area (Å²) < 4.78 is 0. The third-order valence-electron chi connectivity index (χ3n) is 6.34. The molecule has 2 aliphatic rings. The Bertz CT molecular complexity index is 1060. The summed E-state index contributed by atoms with van der Waals surface area (Å²) in [4.78, 5) is 17.6. The highest BCUT2D eigenvalue weighted by Crippen LogP contribution is 2.38. The number of aromatic amines is 1. The Morgan fingerprint density at radius 2 is 1.97 bits per heavy atom. The number of pyridine rings is 1. The number of ketones is 1. The maximum atomic E-state index is 13.0. The van der Waals surface area contributed by atoms with E-state index < -0.39 is 0 Å². The molecular formula is C23H27N5O. The number of H-pyrrole nitrogens is 1. The van der Waals surface area contributed by atoms with Gasteiger partial charge in [0, 0.05) is 41.3 Å². The van der Waals surface area contributed by atoms with Crippen LogP contribution in [0.3, 0.4) is 0 Å². The molecule has 0 amide bonds. The van der Waals surface area contributed by atoms with Crippen LogP contribution in [0.5, 0.6) is 0 Å². The third-order valence-corrected chi connectivity index (χ3v) is 6.34. The first-order valence-electron chi connectivity index (χ1n) is 10.6. The van der Waals surface area contributed by atoms with Crippen LogP contribution in [0.2, 0.25) is 0 Å². The largest absolute Gasteiger partial charge is 0.381 e. The number of nitrogens with zero attached hydrogens (tertiary/aromatic N) is 2. The first kappa shape index (κ1) is 18.3. The van der Waals surface area contributed by atoms with Crippen LogP contribution in [0, 0.1) is 12.8 Å². The minimum atomic E-state index is 0.161. The fraction of sp³-hybridized carbons (Fsp3) is 0.435. The van der Waals surface area contributed by atoms with Gasteiger partial charge in [0.25, 0.3) is 0 Å². The van der Waals surface area contributed by atoms with Crippen molar-refractivity contribution in [3.05, 3.63) is 41.9 Å². The van der Waals surface area contributed by atoms with Gasteiger partial charge in [-0.3, -0.25) is 14.9 Å². The van der Waals surface area contributed by atoms with Gasteiger partial charge in [0.15, 0.2) is 5.78 Å². The van der Waals surface area contributed by atoms with Gasteiger partial charge in [0.05, 0.1) is 22.5 Å². The number of nitrogens with two attached hydrogens (primary N) is 1. The third kappa shape index (κ3) is 3.53. The van der Waals surface area contributed by atoms with Crippen molar-refractivity contribution in [3.8, 4) is 11.1 Å². The van der Waals surface area contributed by atoms with Gasteiger partial charge in [-0.25, -0.2) is 0 Å². The highest BCUT2D eigenvalue weighted by molar-refractivity contribution is 6.10. The molecule has 2 saturated carbocycles. The first-order chi connectivity index (χ1) is 14.1. The van der Waals surface area contributed by atoms with Crippen LogP contribution >= 0.6 is 0 Å². The molecule has 29 heavy (non-hydrogen) atoms. The van der Waals surface area contributed by atoms with Crippen molar-refractivity contribution in [2.24, 2.45) is 11.7 Å². The zero-order chi connectivity index (χ0) is 20.0.